The zero-order valence-electron chi connectivity index (χ0n) is 11.3. The van der Waals surface area contributed by atoms with E-state index < -0.39 is 0 Å². The van der Waals surface area contributed by atoms with Gasteiger partial charge in [-0.05, 0) is 33.1 Å². The topological polar surface area (TPSA) is 41.1 Å². The molecule has 0 heterocycles. The van der Waals surface area contributed by atoms with Gasteiger partial charge in [-0.25, -0.2) is 0 Å². The van der Waals surface area contributed by atoms with E-state index >= 15 is 0 Å². The number of hydrogen-bond acceptors (Lipinski definition) is 2. The molecule has 0 aromatic heterocycles. The maximum absolute atomic E-state index is 11.6. The van der Waals surface area contributed by atoms with Crippen LogP contribution in [0, 0.1) is 11.3 Å². The lowest BCUT2D eigenvalue weighted by Crippen LogP contribution is -2.45. The maximum atomic E-state index is 11.6. The van der Waals surface area contributed by atoms with Crippen LogP contribution in [0.5, 0.6) is 0 Å². The molecule has 0 aromatic carbocycles. The molecule has 2 unspecified atom stereocenters. The van der Waals surface area contributed by atoms with Crippen LogP contribution >= 0.6 is 0 Å². The van der Waals surface area contributed by atoms with E-state index in [9.17, 15) is 4.79 Å². The molecule has 0 saturated heterocycles. The van der Waals surface area contributed by atoms with Gasteiger partial charge in [-0.3, -0.25) is 4.79 Å². The highest BCUT2D eigenvalue weighted by Crippen LogP contribution is 2.15. The number of carbonyl (C=O) groups excluding carboxylic acids is 1. The van der Waals surface area contributed by atoms with E-state index in [0.717, 1.165) is 6.42 Å². The minimum atomic E-state index is -0.364. The van der Waals surface area contributed by atoms with Crippen molar-refractivity contribution < 1.29 is 4.79 Å². The highest BCUT2D eigenvalue weighted by Gasteiger charge is 2.27. The first-order valence-corrected chi connectivity index (χ1v) is 5.91. The van der Waals surface area contributed by atoms with E-state index in [1.165, 1.54) is 0 Å². The van der Waals surface area contributed by atoms with E-state index in [4.69, 9.17) is 0 Å². The lowest BCUT2D eigenvalue weighted by Gasteiger charge is -2.27. The van der Waals surface area contributed by atoms with Crippen molar-refractivity contribution in [3.8, 4) is 0 Å². The van der Waals surface area contributed by atoms with Crippen LogP contribution in [0.1, 0.15) is 34.1 Å². The lowest BCUT2D eigenvalue weighted by atomic mass is 9.91. The summed E-state index contributed by atoms with van der Waals surface area (Å²) < 4.78 is 0. The molecule has 0 aromatic rings. The van der Waals surface area contributed by atoms with Crippen molar-refractivity contribution in [2.75, 3.05) is 13.6 Å². The molecular weight excluding hydrogens is 200 g/mol. The molecule has 0 aliphatic rings. The van der Waals surface area contributed by atoms with Gasteiger partial charge in [-0.15, -0.1) is 6.58 Å². The van der Waals surface area contributed by atoms with Gasteiger partial charge in [-0.1, -0.05) is 13.0 Å². The summed E-state index contributed by atoms with van der Waals surface area (Å²) in [6, 6.07) is 0.391. The maximum Gasteiger partial charge on any atom is 0.226 e. The second kappa shape index (κ2) is 6.69. The predicted molar refractivity (Wildman–Crippen MR) is 69.3 cm³/mol. The third-order valence-electron chi connectivity index (χ3n) is 3.10. The largest absolute Gasteiger partial charge is 0.359 e. The summed E-state index contributed by atoms with van der Waals surface area (Å²) in [6.45, 7) is 12.7. The van der Waals surface area contributed by atoms with Crippen molar-refractivity contribution in [3.05, 3.63) is 12.7 Å². The highest BCUT2D eigenvalue weighted by atomic mass is 16.2. The number of allylic oxidation sites excluding steroid dienone is 1. The van der Waals surface area contributed by atoms with E-state index in [0.29, 0.717) is 18.5 Å². The number of hydrogen-bond donors (Lipinski definition) is 2. The molecule has 0 aliphatic heterocycles. The van der Waals surface area contributed by atoms with Crippen LogP contribution in [-0.4, -0.2) is 25.5 Å². The molecule has 2 atom stereocenters. The van der Waals surface area contributed by atoms with Gasteiger partial charge in [0.25, 0.3) is 0 Å². The molecule has 3 heteroatoms. The van der Waals surface area contributed by atoms with Crippen LogP contribution in [-0.2, 0) is 4.79 Å². The highest BCUT2D eigenvalue weighted by molar-refractivity contribution is 5.81. The fourth-order valence-electron chi connectivity index (χ4n) is 1.50. The molecule has 0 rings (SSSR count). The van der Waals surface area contributed by atoms with Crippen LogP contribution in [0.3, 0.4) is 0 Å². The molecule has 3 nitrogen and oxygen atoms in total. The van der Waals surface area contributed by atoms with Crippen LogP contribution in [0.4, 0.5) is 0 Å². The number of carbonyl (C=O) groups is 1. The molecule has 94 valence electrons. The Bertz CT molecular complexity index is 236. The Kier molecular flexibility index (Phi) is 6.34. The Balaban J connectivity index is 4.13. The summed E-state index contributed by atoms with van der Waals surface area (Å²) in [4.78, 5) is 11.6. The van der Waals surface area contributed by atoms with Crippen LogP contribution in [0.2, 0.25) is 0 Å². The molecule has 0 fully saturated rings. The summed E-state index contributed by atoms with van der Waals surface area (Å²) in [6.07, 6.45) is 2.93. The smallest absolute Gasteiger partial charge is 0.226 e. The Morgan fingerprint density at radius 2 is 2.00 bits per heavy atom. The van der Waals surface area contributed by atoms with Crippen LogP contribution < -0.4 is 10.6 Å². The van der Waals surface area contributed by atoms with Gasteiger partial charge in [0.15, 0.2) is 0 Å². The van der Waals surface area contributed by atoms with Crippen molar-refractivity contribution in [2.45, 2.75) is 40.2 Å². The third kappa shape index (κ3) is 4.79. The molecule has 16 heavy (non-hydrogen) atoms. The van der Waals surface area contributed by atoms with Crippen molar-refractivity contribution in [1.29, 1.82) is 0 Å². The van der Waals surface area contributed by atoms with Gasteiger partial charge < -0.3 is 10.6 Å². The summed E-state index contributed by atoms with van der Waals surface area (Å²) in [5.74, 6) is 0.613. The summed E-state index contributed by atoms with van der Waals surface area (Å²) in [5.41, 5.74) is -0.364. The zero-order valence-corrected chi connectivity index (χ0v) is 11.3. The van der Waals surface area contributed by atoms with Crippen molar-refractivity contribution in [3.63, 3.8) is 0 Å². The molecule has 0 aliphatic carbocycles. The fraction of sp³-hybridized carbons (Fsp3) is 0.769. The molecule has 0 spiro atoms. The van der Waals surface area contributed by atoms with Gasteiger partial charge in [0.2, 0.25) is 5.91 Å². The van der Waals surface area contributed by atoms with Gasteiger partial charge in [0.05, 0.1) is 5.41 Å². The third-order valence-corrected chi connectivity index (χ3v) is 3.10. The molecular formula is C13H26N2O. The number of nitrogens with one attached hydrogen (secondary N) is 2. The first-order valence-electron chi connectivity index (χ1n) is 5.91. The Labute approximate surface area is 99.7 Å². The van der Waals surface area contributed by atoms with Gasteiger partial charge >= 0.3 is 0 Å². The second-order valence-corrected chi connectivity index (χ2v) is 5.13. The van der Waals surface area contributed by atoms with Gasteiger partial charge in [0.1, 0.15) is 0 Å². The fourth-order valence-corrected chi connectivity index (χ4v) is 1.50. The van der Waals surface area contributed by atoms with Crippen molar-refractivity contribution >= 4 is 5.91 Å². The standard InChI is InChI=1S/C13H26N2O/c1-7-8-10(2)11(3)15-9-13(4,5)12(16)14-6/h7,10-11,15H,1,8-9H2,2-6H3,(H,14,16). The second-order valence-electron chi connectivity index (χ2n) is 5.13. The first-order chi connectivity index (χ1) is 7.35. The van der Waals surface area contributed by atoms with Gasteiger partial charge in [-0.2, -0.15) is 0 Å². The Morgan fingerprint density at radius 3 is 2.44 bits per heavy atom. The van der Waals surface area contributed by atoms with E-state index in [-0.39, 0.29) is 11.3 Å². The summed E-state index contributed by atoms with van der Waals surface area (Å²) in [7, 11) is 1.67. The normalized spacial score (nSPS) is 15.3. The average Bonchev–Trinajstić information content (AvgIpc) is 2.25. The van der Waals surface area contributed by atoms with E-state index in [1.807, 2.05) is 19.9 Å². The molecule has 1 amide bonds. The molecule has 0 radical (unpaired) electrons. The average molecular weight is 226 g/mol. The molecule has 0 bridgehead atoms. The monoisotopic (exact) mass is 226 g/mol. The molecule has 0 saturated carbocycles. The summed E-state index contributed by atoms with van der Waals surface area (Å²) >= 11 is 0. The Morgan fingerprint density at radius 1 is 1.44 bits per heavy atom. The van der Waals surface area contributed by atoms with Crippen molar-refractivity contribution in [1.82, 2.24) is 10.6 Å². The van der Waals surface area contributed by atoms with Gasteiger partial charge in [0, 0.05) is 19.6 Å². The van der Waals surface area contributed by atoms with E-state index in [2.05, 4.69) is 31.1 Å². The van der Waals surface area contributed by atoms with E-state index in [1.54, 1.807) is 7.05 Å². The van der Waals surface area contributed by atoms with Crippen molar-refractivity contribution in [2.24, 2.45) is 11.3 Å². The zero-order chi connectivity index (χ0) is 12.8. The number of amides is 1. The predicted octanol–water partition coefficient (Wildman–Crippen LogP) is 1.95. The Hall–Kier alpha value is -0.830. The first kappa shape index (κ1) is 15.2. The molecule has 2 N–H and O–H groups in total. The minimum absolute atomic E-state index is 0.0728. The minimum Gasteiger partial charge on any atom is -0.359 e. The van der Waals surface area contributed by atoms with Crippen LogP contribution in [0.15, 0.2) is 12.7 Å². The number of rotatable bonds is 7. The lowest BCUT2D eigenvalue weighted by molar-refractivity contribution is -0.128. The van der Waals surface area contributed by atoms with Crippen LogP contribution in [0.25, 0.3) is 0 Å². The summed E-state index contributed by atoms with van der Waals surface area (Å²) in [5, 5.41) is 6.10. The quantitative estimate of drug-likeness (QED) is 0.651. The SMILES string of the molecule is C=CCC(C)C(C)NCC(C)(C)C(=O)NC.